The molecule has 0 aliphatic rings. The fraction of sp³-hybridized carbons (Fsp3) is 0.500. The van der Waals surface area contributed by atoms with Crippen molar-refractivity contribution in [1.82, 2.24) is 15.0 Å². The number of nitrogens with zero attached hydrogens (tertiary/aromatic N) is 3. The SMILES string of the molecule is CCCc1nc(N)c(C)c(NC(C)(C)c2nccs2)n1. The minimum atomic E-state index is -0.288. The number of anilines is 2. The van der Waals surface area contributed by atoms with Gasteiger partial charge in [0.25, 0.3) is 0 Å². The smallest absolute Gasteiger partial charge is 0.135 e. The Morgan fingerprint density at radius 3 is 2.70 bits per heavy atom. The molecule has 108 valence electrons. The lowest BCUT2D eigenvalue weighted by Gasteiger charge is -2.26. The van der Waals surface area contributed by atoms with Gasteiger partial charge >= 0.3 is 0 Å². The van der Waals surface area contributed by atoms with Crippen molar-refractivity contribution in [3.63, 3.8) is 0 Å². The second-order valence-corrected chi connectivity index (χ2v) is 6.23. The summed E-state index contributed by atoms with van der Waals surface area (Å²) in [5.74, 6) is 2.12. The van der Waals surface area contributed by atoms with Crippen molar-refractivity contribution in [1.29, 1.82) is 0 Å². The molecule has 0 saturated heterocycles. The first-order valence-electron chi connectivity index (χ1n) is 6.75. The fourth-order valence-electron chi connectivity index (χ4n) is 1.92. The van der Waals surface area contributed by atoms with Gasteiger partial charge in [0.2, 0.25) is 0 Å². The van der Waals surface area contributed by atoms with Crippen LogP contribution in [-0.4, -0.2) is 15.0 Å². The lowest BCUT2D eigenvalue weighted by molar-refractivity contribution is 0.598. The largest absolute Gasteiger partial charge is 0.383 e. The molecule has 0 aliphatic carbocycles. The van der Waals surface area contributed by atoms with Crippen LogP contribution < -0.4 is 11.1 Å². The Labute approximate surface area is 123 Å². The van der Waals surface area contributed by atoms with Gasteiger partial charge in [-0.15, -0.1) is 11.3 Å². The minimum absolute atomic E-state index is 0.288. The third kappa shape index (κ3) is 3.07. The van der Waals surface area contributed by atoms with Crippen molar-refractivity contribution in [2.45, 2.75) is 46.1 Å². The zero-order valence-electron chi connectivity index (χ0n) is 12.4. The molecule has 2 aromatic rings. The third-order valence-corrected chi connectivity index (χ3v) is 4.20. The van der Waals surface area contributed by atoms with Crippen LogP contribution in [0.25, 0.3) is 0 Å². The Balaban J connectivity index is 2.33. The number of rotatable bonds is 5. The number of thiazole rings is 1. The zero-order chi connectivity index (χ0) is 14.8. The molecule has 0 aliphatic heterocycles. The fourth-order valence-corrected chi connectivity index (χ4v) is 2.64. The first kappa shape index (κ1) is 14.7. The van der Waals surface area contributed by atoms with E-state index >= 15 is 0 Å². The number of hydrogen-bond donors (Lipinski definition) is 2. The molecule has 0 spiro atoms. The quantitative estimate of drug-likeness (QED) is 0.885. The summed E-state index contributed by atoms with van der Waals surface area (Å²) in [4.78, 5) is 13.3. The monoisotopic (exact) mass is 291 g/mol. The van der Waals surface area contributed by atoms with Crippen LogP contribution in [0.2, 0.25) is 0 Å². The summed E-state index contributed by atoms with van der Waals surface area (Å²) in [5.41, 5.74) is 6.58. The topological polar surface area (TPSA) is 76.7 Å². The van der Waals surface area contributed by atoms with Crippen LogP contribution in [0.15, 0.2) is 11.6 Å². The first-order chi connectivity index (χ1) is 9.44. The van der Waals surface area contributed by atoms with Crippen LogP contribution in [0.5, 0.6) is 0 Å². The summed E-state index contributed by atoms with van der Waals surface area (Å²) in [6.45, 7) is 8.21. The molecule has 2 heterocycles. The Bertz CT molecular complexity index is 578. The highest BCUT2D eigenvalue weighted by molar-refractivity contribution is 7.09. The van der Waals surface area contributed by atoms with Crippen molar-refractivity contribution in [2.75, 3.05) is 11.1 Å². The van der Waals surface area contributed by atoms with Gasteiger partial charge in [0.05, 0.1) is 5.54 Å². The van der Waals surface area contributed by atoms with Crippen molar-refractivity contribution in [3.8, 4) is 0 Å². The maximum absolute atomic E-state index is 5.99. The van der Waals surface area contributed by atoms with Crippen LogP contribution in [0, 0.1) is 6.92 Å². The standard InChI is InChI=1S/C14H21N5S/c1-5-6-10-17-11(15)9(2)12(18-10)19-14(3,4)13-16-7-8-20-13/h7-8H,5-6H2,1-4H3,(H3,15,17,18,19). The number of hydrogen-bond acceptors (Lipinski definition) is 6. The van der Waals surface area contributed by atoms with Gasteiger partial charge in [-0.05, 0) is 27.2 Å². The summed E-state index contributed by atoms with van der Waals surface area (Å²) in [6.07, 6.45) is 3.64. The Hall–Kier alpha value is -1.69. The number of aromatic nitrogens is 3. The molecule has 20 heavy (non-hydrogen) atoms. The predicted octanol–water partition coefficient (Wildman–Crippen LogP) is 3.12. The second kappa shape index (κ2) is 5.75. The Morgan fingerprint density at radius 1 is 1.35 bits per heavy atom. The van der Waals surface area contributed by atoms with Crippen LogP contribution in [0.1, 0.15) is 43.6 Å². The summed E-state index contributed by atoms with van der Waals surface area (Å²) in [6, 6.07) is 0. The molecule has 0 unspecified atom stereocenters. The predicted molar refractivity (Wildman–Crippen MR) is 83.9 cm³/mol. The van der Waals surface area contributed by atoms with E-state index < -0.39 is 0 Å². The van der Waals surface area contributed by atoms with Gasteiger partial charge in [-0.1, -0.05) is 6.92 Å². The van der Waals surface area contributed by atoms with E-state index in [0.717, 1.165) is 35.1 Å². The molecule has 2 rings (SSSR count). The second-order valence-electron chi connectivity index (χ2n) is 5.34. The number of nitrogen functional groups attached to an aromatic ring is 1. The molecule has 6 heteroatoms. The molecule has 0 radical (unpaired) electrons. The zero-order valence-corrected chi connectivity index (χ0v) is 13.2. The molecule has 3 N–H and O–H groups in total. The highest BCUT2D eigenvalue weighted by atomic mass is 32.1. The van der Waals surface area contributed by atoms with Crippen molar-refractivity contribution < 1.29 is 0 Å². The van der Waals surface area contributed by atoms with Gasteiger partial charge < -0.3 is 11.1 Å². The molecule has 0 fully saturated rings. The lowest BCUT2D eigenvalue weighted by atomic mass is 10.1. The van der Waals surface area contributed by atoms with E-state index in [1.165, 1.54) is 0 Å². The molecule has 0 bridgehead atoms. The summed E-state index contributed by atoms with van der Waals surface area (Å²) >= 11 is 1.63. The minimum Gasteiger partial charge on any atom is -0.383 e. The number of nitrogens with two attached hydrogens (primary N) is 1. The summed E-state index contributed by atoms with van der Waals surface area (Å²) < 4.78 is 0. The van der Waals surface area contributed by atoms with E-state index in [0.29, 0.717) is 5.82 Å². The van der Waals surface area contributed by atoms with E-state index in [1.807, 2.05) is 18.5 Å². The summed E-state index contributed by atoms with van der Waals surface area (Å²) in [7, 11) is 0. The maximum atomic E-state index is 5.99. The molecule has 0 aromatic carbocycles. The van der Waals surface area contributed by atoms with Gasteiger partial charge in [0, 0.05) is 23.6 Å². The van der Waals surface area contributed by atoms with Crippen LogP contribution >= 0.6 is 11.3 Å². The molecule has 0 saturated carbocycles. The van der Waals surface area contributed by atoms with Gasteiger partial charge in [-0.25, -0.2) is 15.0 Å². The van der Waals surface area contributed by atoms with E-state index in [4.69, 9.17) is 5.73 Å². The van der Waals surface area contributed by atoms with Gasteiger partial charge in [-0.2, -0.15) is 0 Å². The van der Waals surface area contributed by atoms with Gasteiger partial charge in [0.1, 0.15) is 22.5 Å². The third-order valence-electron chi connectivity index (χ3n) is 3.10. The van der Waals surface area contributed by atoms with E-state index in [9.17, 15) is 0 Å². The van der Waals surface area contributed by atoms with Crippen LogP contribution in [0.4, 0.5) is 11.6 Å². The first-order valence-corrected chi connectivity index (χ1v) is 7.63. The maximum Gasteiger partial charge on any atom is 0.135 e. The van der Waals surface area contributed by atoms with E-state index in [2.05, 4.69) is 41.0 Å². The Kier molecular flexibility index (Phi) is 4.23. The summed E-state index contributed by atoms with van der Waals surface area (Å²) in [5, 5.41) is 6.44. The molecular formula is C14H21N5S. The average molecular weight is 291 g/mol. The molecule has 2 aromatic heterocycles. The molecule has 5 nitrogen and oxygen atoms in total. The highest BCUT2D eigenvalue weighted by Crippen LogP contribution is 2.29. The van der Waals surface area contributed by atoms with Crippen LogP contribution in [0.3, 0.4) is 0 Å². The molecule has 0 atom stereocenters. The molecular weight excluding hydrogens is 270 g/mol. The lowest BCUT2D eigenvalue weighted by Crippen LogP contribution is -2.29. The average Bonchev–Trinajstić information content (AvgIpc) is 2.90. The Morgan fingerprint density at radius 2 is 2.10 bits per heavy atom. The highest BCUT2D eigenvalue weighted by Gasteiger charge is 2.25. The number of nitrogens with one attached hydrogen (secondary N) is 1. The van der Waals surface area contributed by atoms with Crippen molar-refractivity contribution in [2.24, 2.45) is 0 Å². The van der Waals surface area contributed by atoms with Crippen molar-refractivity contribution >= 4 is 23.0 Å². The normalized spacial score (nSPS) is 11.6. The van der Waals surface area contributed by atoms with Gasteiger partial charge in [0.15, 0.2) is 0 Å². The molecule has 0 amide bonds. The van der Waals surface area contributed by atoms with Crippen molar-refractivity contribution in [3.05, 3.63) is 28.0 Å². The van der Waals surface area contributed by atoms with Gasteiger partial charge in [-0.3, -0.25) is 0 Å². The van der Waals surface area contributed by atoms with Crippen LogP contribution in [-0.2, 0) is 12.0 Å². The number of aryl methyl sites for hydroxylation is 1. The van der Waals surface area contributed by atoms with E-state index in [-0.39, 0.29) is 5.54 Å². The van der Waals surface area contributed by atoms with E-state index in [1.54, 1.807) is 11.3 Å².